The highest BCUT2D eigenvalue weighted by Gasteiger charge is 2.24. The number of thiophene rings is 2. The molecular weight excluding hydrogens is 1170 g/mol. The Hall–Kier alpha value is -11.3. The van der Waals surface area contributed by atoms with Crippen molar-refractivity contribution in [1.29, 1.82) is 0 Å². The summed E-state index contributed by atoms with van der Waals surface area (Å²) in [6.45, 7) is 0. The number of hydrogen-bond donors (Lipinski definition) is 0. The normalized spacial score (nSPS) is 12.4. The summed E-state index contributed by atoms with van der Waals surface area (Å²) < 4.78 is 5.28. The van der Waals surface area contributed by atoms with Crippen molar-refractivity contribution < 1.29 is 0 Å². The van der Waals surface area contributed by atoms with Crippen molar-refractivity contribution in [1.82, 2.24) is 0 Å². The van der Waals surface area contributed by atoms with E-state index in [1.807, 2.05) is 22.7 Å². The first kappa shape index (κ1) is 53.4. The molecule has 2 heteroatoms. The van der Waals surface area contributed by atoms with Crippen LogP contribution in [0.15, 0.2) is 315 Å². The molecule has 17 aromatic carbocycles. The minimum Gasteiger partial charge on any atom is -0.135 e. The smallest absolute Gasteiger partial charge is 0.0434 e. The van der Waals surface area contributed by atoms with E-state index in [-0.39, 0.29) is 0 Å². The zero-order chi connectivity index (χ0) is 61.5. The van der Waals surface area contributed by atoms with Gasteiger partial charge in [-0.15, -0.1) is 22.7 Å². The highest BCUT2D eigenvalue weighted by atomic mass is 32.1. The van der Waals surface area contributed by atoms with E-state index >= 15 is 0 Å². The van der Waals surface area contributed by atoms with Gasteiger partial charge in [0, 0.05) is 45.9 Å². The van der Waals surface area contributed by atoms with E-state index in [9.17, 15) is 0 Å². The van der Waals surface area contributed by atoms with Crippen molar-refractivity contribution in [3.63, 3.8) is 0 Å². The molecule has 1 aliphatic rings. The fourth-order valence-electron chi connectivity index (χ4n) is 16.2. The molecule has 0 saturated heterocycles. The third-order valence-corrected chi connectivity index (χ3v) is 23.1. The first-order chi connectivity index (χ1) is 46.6. The summed E-state index contributed by atoms with van der Waals surface area (Å²) in [5.41, 5.74) is 23.1. The molecule has 0 amide bonds. The summed E-state index contributed by atoms with van der Waals surface area (Å²) in [7, 11) is 0. The molecule has 0 N–H and O–H groups in total. The van der Waals surface area contributed by atoms with Crippen LogP contribution in [0.2, 0.25) is 0 Å². The summed E-state index contributed by atoms with van der Waals surface area (Å²) in [5.74, 6) is 0. The lowest BCUT2D eigenvalue weighted by Gasteiger charge is -2.25. The molecule has 20 rings (SSSR count). The standard InChI is InChI=1S/C92H56S2/c1-2-18-55(19-3-1)84-53-63(58-41-43-78-71-27-7-9-29-75(71)85-50-57(40-44-80(85)86(78)51-58)56-20-12-22-60(48-56)66-33-16-37-82-81-30-10-11-39-89(81)93-90(66)82)54-88-83-38-17-34-67(91(83)94-92(84)88)61-23-13-21-59(49-61)64-31-14-35-72-73-36-15-32-65(77(73)47-46-76(64)72)62-42-45-79-70-26-5-4-24-68(70)69-25-6-8-28-74(69)87(79)52-62/h1-45,48-54H,46-47H2. The third kappa shape index (κ3) is 8.30. The van der Waals surface area contributed by atoms with Crippen LogP contribution >= 0.6 is 22.7 Å². The van der Waals surface area contributed by atoms with Gasteiger partial charge in [-0.2, -0.15) is 0 Å². The van der Waals surface area contributed by atoms with E-state index in [2.05, 4.69) is 315 Å². The molecule has 2 heterocycles. The lowest BCUT2D eigenvalue weighted by Crippen LogP contribution is -2.07. The molecular formula is C92H56S2. The van der Waals surface area contributed by atoms with E-state index in [1.165, 1.54) is 205 Å². The van der Waals surface area contributed by atoms with Gasteiger partial charge >= 0.3 is 0 Å². The Labute approximate surface area is 552 Å². The van der Waals surface area contributed by atoms with Gasteiger partial charge in [-0.05, 0) is 221 Å². The number of rotatable bonds is 7. The fraction of sp³-hybridized carbons (Fsp3) is 0.0217. The highest BCUT2D eigenvalue weighted by molar-refractivity contribution is 7.27. The van der Waals surface area contributed by atoms with Crippen LogP contribution in [0, 0.1) is 0 Å². The minimum absolute atomic E-state index is 0.976. The molecule has 0 unspecified atom stereocenters. The lowest BCUT2D eigenvalue weighted by molar-refractivity contribution is 0.946. The Morgan fingerprint density at radius 1 is 0.160 bits per heavy atom. The van der Waals surface area contributed by atoms with Crippen molar-refractivity contribution in [2.45, 2.75) is 12.8 Å². The Balaban J connectivity index is 0.676. The first-order valence-corrected chi connectivity index (χ1v) is 34.4. The molecule has 19 aromatic rings. The maximum absolute atomic E-state index is 2.47. The topological polar surface area (TPSA) is 0 Å². The van der Waals surface area contributed by atoms with E-state index in [0.29, 0.717) is 0 Å². The molecule has 0 bridgehead atoms. The second-order valence-corrected chi connectivity index (χ2v) is 27.6. The van der Waals surface area contributed by atoms with E-state index in [4.69, 9.17) is 0 Å². The molecule has 0 spiro atoms. The largest absolute Gasteiger partial charge is 0.135 e. The molecule has 1 aliphatic carbocycles. The van der Waals surface area contributed by atoms with Gasteiger partial charge in [-0.25, -0.2) is 0 Å². The third-order valence-electron chi connectivity index (χ3n) is 20.6. The molecule has 0 fully saturated rings. The van der Waals surface area contributed by atoms with Crippen LogP contribution in [0.4, 0.5) is 0 Å². The zero-order valence-corrected chi connectivity index (χ0v) is 52.9. The van der Waals surface area contributed by atoms with Gasteiger partial charge in [-0.1, -0.05) is 267 Å². The number of hydrogen-bond acceptors (Lipinski definition) is 2. The minimum atomic E-state index is 0.976. The summed E-state index contributed by atoms with van der Waals surface area (Å²) >= 11 is 3.82. The molecule has 0 nitrogen and oxygen atoms in total. The number of benzene rings is 17. The van der Waals surface area contributed by atoms with E-state index in [0.717, 1.165) is 12.8 Å². The SMILES string of the molecule is c1ccc(-c2cc(-c3ccc4c5ccccc5c5cc(-c6cccc(-c7cccc8c7sc7ccccc78)c6)ccc5c4c3)cc3c2sc2c(-c4cccc(-c5cccc6c5CCc5c(-c7ccc8c9ccccc9c9ccccc9c8c7)cccc5-6)c4)cccc23)cc1. The van der Waals surface area contributed by atoms with Crippen LogP contribution < -0.4 is 0 Å². The predicted octanol–water partition coefficient (Wildman–Crippen LogP) is 26.8. The van der Waals surface area contributed by atoms with E-state index in [1.54, 1.807) is 0 Å². The van der Waals surface area contributed by atoms with Gasteiger partial charge in [0.1, 0.15) is 0 Å². The molecule has 94 heavy (non-hydrogen) atoms. The van der Waals surface area contributed by atoms with Gasteiger partial charge in [0.2, 0.25) is 0 Å². The van der Waals surface area contributed by atoms with Crippen molar-refractivity contribution in [3.05, 3.63) is 327 Å². The second-order valence-electron chi connectivity index (χ2n) is 25.6. The Morgan fingerprint density at radius 2 is 0.489 bits per heavy atom. The molecule has 0 aliphatic heterocycles. The van der Waals surface area contributed by atoms with Crippen LogP contribution in [0.1, 0.15) is 11.1 Å². The van der Waals surface area contributed by atoms with Gasteiger partial charge in [0.15, 0.2) is 0 Å². The van der Waals surface area contributed by atoms with Crippen LogP contribution in [0.3, 0.4) is 0 Å². The maximum Gasteiger partial charge on any atom is 0.0434 e. The maximum atomic E-state index is 2.47. The quantitative estimate of drug-likeness (QED) is 0.140. The van der Waals surface area contributed by atoms with Gasteiger partial charge < -0.3 is 0 Å². The van der Waals surface area contributed by atoms with Gasteiger partial charge in [0.05, 0.1) is 0 Å². The summed E-state index contributed by atoms with van der Waals surface area (Å²) in [6.07, 6.45) is 1.96. The average Bonchev–Trinajstić information content (AvgIpc) is 1.17. The highest BCUT2D eigenvalue weighted by Crippen LogP contribution is 2.50. The summed E-state index contributed by atoms with van der Waals surface area (Å²) in [6, 6.07) is 119. The zero-order valence-electron chi connectivity index (χ0n) is 51.3. The Morgan fingerprint density at radius 3 is 1.07 bits per heavy atom. The van der Waals surface area contributed by atoms with Crippen LogP contribution in [0.25, 0.3) is 194 Å². The van der Waals surface area contributed by atoms with E-state index < -0.39 is 0 Å². The van der Waals surface area contributed by atoms with Crippen LogP contribution in [0.5, 0.6) is 0 Å². The molecule has 2 aromatic heterocycles. The summed E-state index contributed by atoms with van der Waals surface area (Å²) in [5, 5.41) is 20.7. The van der Waals surface area contributed by atoms with Crippen molar-refractivity contribution >= 4 is 128 Å². The lowest BCUT2D eigenvalue weighted by atomic mass is 9.79. The molecule has 436 valence electrons. The summed E-state index contributed by atoms with van der Waals surface area (Å²) in [4.78, 5) is 0. The molecule has 0 radical (unpaired) electrons. The van der Waals surface area contributed by atoms with Crippen LogP contribution in [-0.2, 0) is 12.8 Å². The fourth-order valence-corrected chi connectivity index (χ4v) is 18.8. The van der Waals surface area contributed by atoms with Crippen LogP contribution in [-0.4, -0.2) is 0 Å². The second kappa shape index (κ2) is 21.1. The van der Waals surface area contributed by atoms with Crippen molar-refractivity contribution in [3.8, 4) is 89.0 Å². The average molecular weight is 1230 g/mol. The first-order valence-electron chi connectivity index (χ1n) is 32.7. The van der Waals surface area contributed by atoms with Gasteiger partial charge in [0.25, 0.3) is 0 Å². The molecule has 0 atom stereocenters. The molecule has 0 saturated carbocycles. The number of fused-ring (bicyclic) bond motifs is 21. The van der Waals surface area contributed by atoms with Crippen molar-refractivity contribution in [2.24, 2.45) is 0 Å². The van der Waals surface area contributed by atoms with Gasteiger partial charge in [-0.3, -0.25) is 0 Å². The Bertz CT molecular complexity index is 6380. The van der Waals surface area contributed by atoms with Crippen molar-refractivity contribution in [2.75, 3.05) is 0 Å². The Kier molecular flexibility index (Phi) is 12.0. The monoisotopic (exact) mass is 1220 g/mol. The predicted molar refractivity (Wildman–Crippen MR) is 408 cm³/mol.